The summed E-state index contributed by atoms with van der Waals surface area (Å²) in [6, 6.07) is 12.3. The largest absolute Gasteiger partial charge is 0.480 e. The molecule has 0 radical (unpaired) electrons. The lowest BCUT2D eigenvalue weighted by Gasteiger charge is -2.28. The van der Waals surface area contributed by atoms with Crippen molar-refractivity contribution in [3.05, 3.63) is 59.2 Å². The van der Waals surface area contributed by atoms with Crippen LogP contribution in [0.3, 0.4) is 0 Å². The summed E-state index contributed by atoms with van der Waals surface area (Å²) in [5.41, 5.74) is 3.92. The van der Waals surface area contributed by atoms with Gasteiger partial charge in [-0.2, -0.15) is 0 Å². The van der Waals surface area contributed by atoms with Gasteiger partial charge >= 0.3 is 5.97 Å². The molecule has 0 bridgehead atoms. The predicted octanol–water partition coefficient (Wildman–Crippen LogP) is 4.22. The van der Waals surface area contributed by atoms with E-state index in [9.17, 15) is 23.1 Å². The van der Waals surface area contributed by atoms with Gasteiger partial charge in [-0.15, -0.1) is 0 Å². The molecule has 10 heteroatoms. The molecule has 2 aromatic rings. The minimum atomic E-state index is -3.39. The van der Waals surface area contributed by atoms with Crippen LogP contribution in [0, 0.1) is 6.92 Å². The summed E-state index contributed by atoms with van der Waals surface area (Å²) in [4.78, 5) is 27.7. The molecule has 0 spiro atoms. The highest BCUT2D eigenvalue weighted by atomic mass is 32.2. The van der Waals surface area contributed by atoms with Crippen LogP contribution in [0.2, 0.25) is 0 Å². The van der Waals surface area contributed by atoms with E-state index in [0.717, 1.165) is 48.8 Å². The van der Waals surface area contributed by atoms with Crippen LogP contribution < -0.4 is 5.32 Å². The average molecular weight is 601 g/mol. The number of aliphatic carboxylic acids is 1. The van der Waals surface area contributed by atoms with Gasteiger partial charge in [-0.05, 0) is 67.0 Å². The van der Waals surface area contributed by atoms with Crippen LogP contribution in [0.4, 0.5) is 0 Å². The summed E-state index contributed by atoms with van der Waals surface area (Å²) in [7, 11) is -1.64. The van der Waals surface area contributed by atoms with Crippen molar-refractivity contribution in [3.63, 3.8) is 0 Å². The molecule has 0 aromatic heterocycles. The quantitative estimate of drug-likeness (QED) is 0.351. The molecule has 1 saturated carbocycles. The van der Waals surface area contributed by atoms with Gasteiger partial charge in [0, 0.05) is 38.1 Å². The molecule has 42 heavy (non-hydrogen) atoms. The first-order valence-corrected chi connectivity index (χ1v) is 16.9. The number of nitrogens with one attached hydrogen (secondary N) is 1. The third-order valence-electron chi connectivity index (χ3n) is 8.43. The van der Waals surface area contributed by atoms with Gasteiger partial charge in [0.2, 0.25) is 0 Å². The summed E-state index contributed by atoms with van der Waals surface area (Å²) >= 11 is 0. The Labute approximate surface area is 249 Å². The molecule has 230 valence electrons. The number of likely N-dealkylation sites (tertiary alicyclic amines) is 1. The topological polar surface area (TPSA) is 122 Å². The zero-order valence-corrected chi connectivity index (χ0v) is 25.7. The van der Waals surface area contributed by atoms with Crippen molar-refractivity contribution in [1.29, 1.82) is 0 Å². The van der Waals surface area contributed by atoms with E-state index in [0.29, 0.717) is 30.4 Å². The standard InChI is InChI=1S/C32H44N2O7S/c1-22-9-7-8-12-27(22)29-17-23(13-14-28(29)31(35)33-30(32(36)37)15-16-42(3,38)39)19-34-20-26(40-2)18-24(34)21-41-25-10-5-4-6-11-25/h7-9,12-14,17,24-26,30H,4-6,10-11,15-16,18-21H2,1-3H3,(H,33,35)(H,36,37)/t24-,26+,30+/m1/s1. The molecule has 9 nitrogen and oxygen atoms in total. The summed E-state index contributed by atoms with van der Waals surface area (Å²) in [5.74, 6) is -2.16. The number of carbonyl (C=O) groups excluding carboxylic acids is 1. The van der Waals surface area contributed by atoms with E-state index < -0.39 is 27.8 Å². The normalized spacial score (nSPS) is 20.8. The summed E-state index contributed by atoms with van der Waals surface area (Å²) < 4.78 is 35.3. The molecular formula is C32H44N2O7S. The zero-order chi connectivity index (χ0) is 30.3. The summed E-state index contributed by atoms with van der Waals surface area (Å²) in [6.07, 6.45) is 8.20. The maximum absolute atomic E-state index is 13.4. The van der Waals surface area contributed by atoms with Crippen LogP contribution in [-0.2, 0) is 30.7 Å². The number of carboxylic acid groups (broad SMARTS) is 1. The minimum absolute atomic E-state index is 0.130. The Bertz CT molecular complexity index is 1340. The molecule has 3 atom stereocenters. The third-order valence-corrected chi connectivity index (χ3v) is 9.41. The predicted molar refractivity (Wildman–Crippen MR) is 162 cm³/mol. The maximum atomic E-state index is 13.4. The van der Waals surface area contributed by atoms with Crippen molar-refractivity contribution in [2.24, 2.45) is 0 Å². The number of benzene rings is 2. The molecule has 2 aromatic carbocycles. The van der Waals surface area contributed by atoms with Crippen molar-refractivity contribution < 1.29 is 32.6 Å². The zero-order valence-electron chi connectivity index (χ0n) is 24.9. The Morgan fingerprint density at radius 1 is 1.07 bits per heavy atom. The van der Waals surface area contributed by atoms with Gasteiger partial charge in [-0.1, -0.05) is 49.6 Å². The molecule has 1 aliphatic heterocycles. The molecule has 2 N–H and O–H groups in total. The average Bonchev–Trinajstić information content (AvgIpc) is 3.35. The highest BCUT2D eigenvalue weighted by molar-refractivity contribution is 7.90. The Morgan fingerprint density at radius 2 is 1.81 bits per heavy atom. The van der Waals surface area contributed by atoms with Gasteiger partial charge in [0.1, 0.15) is 15.9 Å². The maximum Gasteiger partial charge on any atom is 0.326 e. The van der Waals surface area contributed by atoms with Crippen LogP contribution in [-0.4, -0.2) is 86.9 Å². The first-order chi connectivity index (χ1) is 20.0. The fourth-order valence-corrected chi connectivity index (χ4v) is 6.66. The number of ether oxygens (including phenoxy) is 2. The Morgan fingerprint density at radius 3 is 2.48 bits per heavy atom. The smallest absolute Gasteiger partial charge is 0.326 e. The number of carboxylic acids is 1. The van der Waals surface area contributed by atoms with Crippen LogP contribution >= 0.6 is 0 Å². The van der Waals surface area contributed by atoms with E-state index in [2.05, 4.69) is 10.2 Å². The number of amides is 1. The van der Waals surface area contributed by atoms with E-state index in [-0.39, 0.29) is 24.3 Å². The summed E-state index contributed by atoms with van der Waals surface area (Å²) in [6.45, 7) is 4.08. The number of carbonyl (C=O) groups is 2. The first-order valence-electron chi connectivity index (χ1n) is 14.8. The molecule has 4 rings (SSSR count). The minimum Gasteiger partial charge on any atom is -0.480 e. The lowest BCUT2D eigenvalue weighted by atomic mass is 9.93. The van der Waals surface area contributed by atoms with E-state index >= 15 is 0 Å². The van der Waals surface area contributed by atoms with Gasteiger partial charge in [-0.25, -0.2) is 13.2 Å². The second-order valence-corrected chi connectivity index (χ2v) is 14.0. The van der Waals surface area contributed by atoms with E-state index in [1.54, 1.807) is 13.2 Å². The molecule has 1 aliphatic carbocycles. The monoisotopic (exact) mass is 600 g/mol. The van der Waals surface area contributed by atoms with Crippen molar-refractivity contribution in [1.82, 2.24) is 10.2 Å². The SMILES string of the molecule is CO[C@H]1C[C@H](COC2CCCCC2)N(Cc2ccc(C(=O)N[C@@H](CCS(C)(=O)=O)C(=O)O)c(-c3ccccc3C)c2)C1. The lowest BCUT2D eigenvalue weighted by Crippen LogP contribution is -2.42. The van der Waals surface area contributed by atoms with Gasteiger partial charge in [0.15, 0.2) is 0 Å². The van der Waals surface area contributed by atoms with E-state index in [1.807, 2.05) is 43.3 Å². The second-order valence-electron chi connectivity index (χ2n) is 11.7. The van der Waals surface area contributed by atoms with Gasteiger partial charge in [0.05, 0.1) is 24.6 Å². The number of hydrogen-bond acceptors (Lipinski definition) is 7. The van der Waals surface area contributed by atoms with Gasteiger partial charge in [-0.3, -0.25) is 9.69 Å². The first kappa shape index (κ1) is 32.1. The van der Waals surface area contributed by atoms with E-state index in [1.165, 1.54) is 19.3 Å². The van der Waals surface area contributed by atoms with Crippen molar-refractivity contribution >= 4 is 21.7 Å². The second kappa shape index (κ2) is 14.6. The Kier molecular flexibility index (Phi) is 11.2. The Hall–Kier alpha value is -2.79. The highest BCUT2D eigenvalue weighted by Gasteiger charge is 2.33. The van der Waals surface area contributed by atoms with Crippen molar-refractivity contribution in [2.45, 2.75) is 82.7 Å². The van der Waals surface area contributed by atoms with Gasteiger partial charge in [0.25, 0.3) is 5.91 Å². The molecule has 1 saturated heterocycles. The highest BCUT2D eigenvalue weighted by Crippen LogP contribution is 2.31. The third kappa shape index (κ3) is 8.86. The molecule has 0 unspecified atom stereocenters. The van der Waals surface area contributed by atoms with Crippen LogP contribution in [0.25, 0.3) is 11.1 Å². The summed E-state index contributed by atoms with van der Waals surface area (Å²) in [5, 5.41) is 12.2. The van der Waals surface area contributed by atoms with Crippen molar-refractivity contribution in [3.8, 4) is 11.1 Å². The number of hydrogen-bond donors (Lipinski definition) is 2. The Balaban J connectivity index is 1.57. The fraction of sp³-hybridized carbons (Fsp3) is 0.562. The number of nitrogens with zero attached hydrogens (tertiary/aromatic N) is 1. The van der Waals surface area contributed by atoms with Gasteiger partial charge < -0.3 is 19.9 Å². The number of methoxy groups -OCH3 is 1. The van der Waals surface area contributed by atoms with E-state index in [4.69, 9.17) is 9.47 Å². The molecule has 2 aliphatic rings. The van der Waals surface area contributed by atoms with Crippen LogP contribution in [0.5, 0.6) is 0 Å². The molecule has 1 amide bonds. The fourth-order valence-electron chi connectivity index (χ4n) is 6.00. The molecule has 2 fully saturated rings. The molecule has 1 heterocycles. The lowest BCUT2D eigenvalue weighted by molar-refractivity contribution is -0.139. The molecular weight excluding hydrogens is 556 g/mol. The van der Waals surface area contributed by atoms with Crippen LogP contribution in [0.1, 0.15) is 66.4 Å². The number of rotatable bonds is 13. The van der Waals surface area contributed by atoms with Crippen LogP contribution in [0.15, 0.2) is 42.5 Å². The number of aryl methyl sites for hydroxylation is 1. The van der Waals surface area contributed by atoms with Crippen molar-refractivity contribution in [2.75, 3.05) is 32.3 Å². The number of sulfone groups is 1.